The number of methoxy groups -OCH3 is 1. The summed E-state index contributed by atoms with van der Waals surface area (Å²) in [5.74, 6) is 0.818. The van der Waals surface area contributed by atoms with Gasteiger partial charge >= 0.3 is 0 Å². The summed E-state index contributed by atoms with van der Waals surface area (Å²) >= 11 is 6.09. The van der Waals surface area contributed by atoms with Crippen LogP contribution in [0.3, 0.4) is 0 Å². The molecule has 1 atom stereocenters. The average Bonchev–Trinajstić information content (AvgIpc) is 2.41. The molecule has 1 N–H and O–H groups in total. The normalized spacial score (nSPS) is 12.3. The average molecular weight is 277 g/mol. The lowest BCUT2D eigenvalue weighted by Gasteiger charge is -2.16. The number of aryl methyl sites for hydroxylation is 1. The molecule has 0 aliphatic carbocycles. The van der Waals surface area contributed by atoms with Gasteiger partial charge in [0.2, 0.25) is 0 Å². The van der Waals surface area contributed by atoms with Crippen LogP contribution in [0, 0.1) is 13.8 Å². The van der Waals surface area contributed by atoms with Crippen LogP contribution in [0.25, 0.3) is 0 Å². The van der Waals surface area contributed by atoms with Crippen molar-refractivity contribution in [1.29, 1.82) is 0 Å². The largest absolute Gasteiger partial charge is 0.496 e. The number of aliphatic hydroxyl groups is 1. The van der Waals surface area contributed by atoms with Crippen LogP contribution < -0.4 is 4.74 Å². The quantitative estimate of drug-likeness (QED) is 0.916. The van der Waals surface area contributed by atoms with Crippen LogP contribution in [0.2, 0.25) is 5.02 Å². The molecule has 100 valence electrons. The predicted molar refractivity (Wildman–Crippen MR) is 78.0 cm³/mol. The minimum absolute atomic E-state index is 0.668. The Balaban J connectivity index is 2.41. The van der Waals surface area contributed by atoms with E-state index in [9.17, 15) is 5.11 Å². The molecule has 2 aromatic carbocycles. The molecular formula is C16H17ClO2. The van der Waals surface area contributed by atoms with Crippen LogP contribution in [0.5, 0.6) is 5.75 Å². The molecule has 0 aromatic heterocycles. The molecule has 0 aliphatic rings. The van der Waals surface area contributed by atoms with E-state index in [0.29, 0.717) is 5.02 Å². The van der Waals surface area contributed by atoms with Crippen molar-refractivity contribution in [2.24, 2.45) is 0 Å². The second-order valence-corrected chi connectivity index (χ2v) is 4.99. The number of hydrogen-bond donors (Lipinski definition) is 1. The molecule has 0 saturated carbocycles. The maximum Gasteiger partial charge on any atom is 0.121 e. The van der Waals surface area contributed by atoms with Crippen LogP contribution in [-0.2, 0) is 0 Å². The molecule has 0 fully saturated rings. The second-order valence-electron chi connectivity index (χ2n) is 4.59. The van der Waals surface area contributed by atoms with Crippen LogP contribution >= 0.6 is 11.6 Å². The molecule has 0 amide bonds. The Kier molecular flexibility index (Phi) is 4.13. The van der Waals surface area contributed by atoms with Gasteiger partial charge in [0, 0.05) is 5.02 Å². The molecule has 2 aromatic rings. The number of halogens is 1. The summed E-state index contributed by atoms with van der Waals surface area (Å²) in [6.45, 7) is 3.87. The molecule has 0 saturated heterocycles. The van der Waals surface area contributed by atoms with E-state index < -0.39 is 6.10 Å². The van der Waals surface area contributed by atoms with E-state index in [4.69, 9.17) is 16.3 Å². The molecular weight excluding hydrogens is 260 g/mol. The van der Waals surface area contributed by atoms with E-state index in [2.05, 4.69) is 0 Å². The van der Waals surface area contributed by atoms with Gasteiger partial charge in [-0.15, -0.1) is 0 Å². The van der Waals surface area contributed by atoms with Crippen LogP contribution in [0.15, 0.2) is 36.4 Å². The van der Waals surface area contributed by atoms with E-state index in [1.807, 2.05) is 50.2 Å². The first-order valence-electron chi connectivity index (χ1n) is 6.12. The van der Waals surface area contributed by atoms with Crippen molar-refractivity contribution < 1.29 is 9.84 Å². The lowest BCUT2D eigenvalue weighted by Crippen LogP contribution is -2.03. The minimum atomic E-state index is -0.677. The van der Waals surface area contributed by atoms with Gasteiger partial charge in [0.25, 0.3) is 0 Å². The maximum absolute atomic E-state index is 10.5. The van der Waals surface area contributed by atoms with Crippen LogP contribution in [0.1, 0.15) is 28.4 Å². The highest BCUT2D eigenvalue weighted by Gasteiger charge is 2.15. The second kappa shape index (κ2) is 5.64. The Labute approximate surface area is 118 Å². The predicted octanol–water partition coefficient (Wildman–Crippen LogP) is 4.05. The van der Waals surface area contributed by atoms with Gasteiger partial charge in [-0.25, -0.2) is 0 Å². The fraction of sp³-hybridized carbons (Fsp3) is 0.250. The van der Waals surface area contributed by atoms with E-state index in [-0.39, 0.29) is 0 Å². The summed E-state index contributed by atoms with van der Waals surface area (Å²) in [6.07, 6.45) is -0.677. The van der Waals surface area contributed by atoms with Crippen molar-refractivity contribution in [1.82, 2.24) is 0 Å². The van der Waals surface area contributed by atoms with Crippen molar-refractivity contribution >= 4 is 11.6 Å². The Morgan fingerprint density at radius 2 is 1.89 bits per heavy atom. The lowest BCUT2D eigenvalue weighted by atomic mass is 9.96. The van der Waals surface area contributed by atoms with Crippen LogP contribution in [0.4, 0.5) is 0 Å². The summed E-state index contributed by atoms with van der Waals surface area (Å²) in [4.78, 5) is 0. The highest BCUT2D eigenvalue weighted by Crippen LogP contribution is 2.30. The highest BCUT2D eigenvalue weighted by molar-refractivity contribution is 6.31. The Morgan fingerprint density at radius 3 is 2.53 bits per heavy atom. The van der Waals surface area contributed by atoms with Gasteiger partial charge in [-0.1, -0.05) is 29.8 Å². The third-order valence-electron chi connectivity index (χ3n) is 3.34. The van der Waals surface area contributed by atoms with Crippen molar-refractivity contribution in [2.75, 3.05) is 7.11 Å². The first-order chi connectivity index (χ1) is 9.04. The first-order valence-corrected chi connectivity index (χ1v) is 6.50. The monoisotopic (exact) mass is 276 g/mol. The van der Waals surface area contributed by atoms with Crippen molar-refractivity contribution in [3.05, 3.63) is 63.7 Å². The highest BCUT2D eigenvalue weighted by atomic mass is 35.5. The van der Waals surface area contributed by atoms with E-state index >= 15 is 0 Å². The zero-order valence-corrected chi connectivity index (χ0v) is 12.0. The SMILES string of the molecule is COc1ccc(C(O)c2cccc(Cl)c2C)cc1C. The van der Waals surface area contributed by atoms with Gasteiger partial charge in [-0.2, -0.15) is 0 Å². The van der Waals surface area contributed by atoms with Gasteiger partial charge in [0.05, 0.1) is 7.11 Å². The number of ether oxygens (including phenoxy) is 1. The van der Waals surface area contributed by atoms with Crippen molar-refractivity contribution in [3.63, 3.8) is 0 Å². The van der Waals surface area contributed by atoms with E-state index in [0.717, 1.165) is 28.0 Å². The fourth-order valence-electron chi connectivity index (χ4n) is 2.17. The number of rotatable bonds is 3. The van der Waals surface area contributed by atoms with Gasteiger partial charge in [0.15, 0.2) is 0 Å². The lowest BCUT2D eigenvalue weighted by molar-refractivity contribution is 0.219. The third kappa shape index (κ3) is 2.75. The minimum Gasteiger partial charge on any atom is -0.496 e. The van der Waals surface area contributed by atoms with Gasteiger partial charge < -0.3 is 9.84 Å². The third-order valence-corrected chi connectivity index (χ3v) is 3.75. The van der Waals surface area contributed by atoms with Crippen molar-refractivity contribution in [2.45, 2.75) is 20.0 Å². The zero-order valence-electron chi connectivity index (χ0n) is 11.3. The van der Waals surface area contributed by atoms with Crippen LogP contribution in [-0.4, -0.2) is 12.2 Å². The summed E-state index contributed by atoms with van der Waals surface area (Å²) in [5.41, 5.74) is 3.57. The summed E-state index contributed by atoms with van der Waals surface area (Å²) in [6, 6.07) is 11.2. The summed E-state index contributed by atoms with van der Waals surface area (Å²) < 4.78 is 5.23. The fourth-order valence-corrected chi connectivity index (χ4v) is 2.35. The molecule has 1 unspecified atom stereocenters. The maximum atomic E-state index is 10.5. The van der Waals surface area contributed by atoms with Gasteiger partial charge in [-0.05, 0) is 54.3 Å². The molecule has 2 rings (SSSR count). The number of benzene rings is 2. The Bertz CT molecular complexity index is 593. The van der Waals surface area contributed by atoms with E-state index in [1.165, 1.54) is 0 Å². The number of hydrogen-bond acceptors (Lipinski definition) is 2. The first kappa shape index (κ1) is 13.9. The molecule has 0 bridgehead atoms. The molecule has 0 heterocycles. The zero-order chi connectivity index (χ0) is 14.0. The standard InChI is InChI=1S/C16H17ClO2/c1-10-9-12(7-8-15(10)19-3)16(18)13-5-4-6-14(17)11(13)2/h4-9,16,18H,1-3H3. The smallest absolute Gasteiger partial charge is 0.121 e. The number of aliphatic hydroxyl groups excluding tert-OH is 1. The topological polar surface area (TPSA) is 29.5 Å². The molecule has 19 heavy (non-hydrogen) atoms. The Hall–Kier alpha value is -1.51. The van der Waals surface area contributed by atoms with Gasteiger partial charge in [0.1, 0.15) is 11.9 Å². The molecule has 0 radical (unpaired) electrons. The molecule has 3 heteroatoms. The molecule has 2 nitrogen and oxygen atoms in total. The Morgan fingerprint density at radius 1 is 1.16 bits per heavy atom. The molecule has 0 spiro atoms. The summed E-state index contributed by atoms with van der Waals surface area (Å²) in [7, 11) is 1.64. The van der Waals surface area contributed by atoms with Crippen molar-refractivity contribution in [3.8, 4) is 5.75 Å². The summed E-state index contributed by atoms with van der Waals surface area (Å²) in [5, 5.41) is 11.2. The van der Waals surface area contributed by atoms with Gasteiger partial charge in [-0.3, -0.25) is 0 Å². The van der Waals surface area contributed by atoms with E-state index in [1.54, 1.807) is 7.11 Å². The molecule has 0 aliphatic heterocycles.